The summed E-state index contributed by atoms with van der Waals surface area (Å²) in [5, 5.41) is 0. The van der Waals surface area contributed by atoms with Gasteiger partial charge in [-0.25, -0.2) is 4.39 Å². The van der Waals surface area contributed by atoms with Gasteiger partial charge < -0.3 is 14.4 Å². The first kappa shape index (κ1) is 18.2. The molecule has 0 amide bonds. The molecule has 1 aliphatic carbocycles. The number of nitrogens with zero attached hydrogens (tertiary/aromatic N) is 1. The number of benzene rings is 2. The zero-order valence-corrected chi connectivity index (χ0v) is 15.3. The van der Waals surface area contributed by atoms with Crippen molar-refractivity contribution in [2.45, 2.75) is 24.8 Å². The summed E-state index contributed by atoms with van der Waals surface area (Å²) in [5.74, 6) is 0.0498. The first-order valence-corrected chi connectivity index (χ1v) is 8.75. The Labute approximate surface area is 153 Å². The van der Waals surface area contributed by atoms with Crippen LogP contribution in [0.25, 0.3) is 0 Å². The average molecular weight is 357 g/mol. The van der Waals surface area contributed by atoms with Crippen molar-refractivity contribution in [2.75, 3.05) is 26.2 Å². The molecule has 0 aliphatic heterocycles. The molecule has 0 aromatic heterocycles. The molecule has 4 nitrogen and oxygen atoms in total. The summed E-state index contributed by atoms with van der Waals surface area (Å²) in [4.78, 5) is 14.5. The van der Waals surface area contributed by atoms with E-state index in [-0.39, 0.29) is 29.7 Å². The summed E-state index contributed by atoms with van der Waals surface area (Å²) in [6.07, 6.45) is 1.62. The van der Waals surface area contributed by atoms with E-state index in [9.17, 15) is 9.18 Å². The second-order valence-corrected chi connectivity index (χ2v) is 6.66. The lowest BCUT2D eigenvalue weighted by Gasteiger charge is -2.33. The number of halogens is 1. The molecule has 1 saturated carbocycles. The van der Waals surface area contributed by atoms with Crippen molar-refractivity contribution in [1.82, 2.24) is 0 Å². The molecule has 0 unspecified atom stereocenters. The molecule has 5 heteroatoms. The van der Waals surface area contributed by atoms with Crippen LogP contribution in [0, 0.1) is 11.7 Å². The SMILES string of the molecule is COC(=O)[C@H]1CC[C@H](N(C)c2ccc(OC)cc2)[C@@H]1c1ccc(F)cc1. The molecule has 0 radical (unpaired) electrons. The van der Waals surface area contributed by atoms with Crippen LogP contribution in [-0.4, -0.2) is 33.3 Å². The van der Waals surface area contributed by atoms with Crippen molar-refractivity contribution in [1.29, 1.82) is 0 Å². The van der Waals surface area contributed by atoms with E-state index in [1.807, 2.05) is 31.3 Å². The van der Waals surface area contributed by atoms with Crippen LogP contribution < -0.4 is 9.64 Å². The summed E-state index contributed by atoms with van der Waals surface area (Å²) in [5.41, 5.74) is 2.01. The van der Waals surface area contributed by atoms with Crippen molar-refractivity contribution in [2.24, 2.45) is 5.92 Å². The van der Waals surface area contributed by atoms with Crippen LogP contribution in [0.3, 0.4) is 0 Å². The topological polar surface area (TPSA) is 38.8 Å². The molecule has 1 fully saturated rings. The molecule has 0 bridgehead atoms. The molecule has 138 valence electrons. The van der Waals surface area contributed by atoms with Gasteiger partial charge in [0.25, 0.3) is 0 Å². The zero-order valence-electron chi connectivity index (χ0n) is 15.3. The maximum atomic E-state index is 13.4. The van der Waals surface area contributed by atoms with Gasteiger partial charge >= 0.3 is 5.97 Å². The molecule has 0 saturated heterocycles. The number of anilines is 1. The molecule has 26 heavy (non-hydrogen) atoms. The van der Waals surface area contributed by atoms with Gasteiger partial charge in [0.05, 0.1) is 20.1 Å². The molecule has 3 rings (SSSR count). The monoisotopic (exact) mass is 357 g/mol. The minimum absolute atomic E-state index is 0.0462. The lowest BCUT2D eigenvalue weighted by molar-refractivity contribution is -0.145. The molecule has 2 aromatic rings. The Hall–Kier alpha value is -2.56. The number of hydrogen-bond acceptors (Lipinski definition) is 4. The van der Waals surface area contributed by atoms with Crippen LogP contribution in [0.5, 0.6) is 5.75 Å². The number of carbonyl (C=O) groups excluding carboxylic acids is 1. The fraction of sp³-hybridized carbons (Fsp3) is 0.381. The van der Waals surface area contributed by atoms with Crippen LogP contribution >= 0.6 is 0 Å². The highest BCUT2D eigenvalue weighted by molar-refractivity contribution is 5.74. The number of ether oxygens (including phenoxy) is 2. The van der Waals surface area contributed by atoms with Crippen molar-refractivity contribution < 1.29 is 18.7 Å². The third-order valence-electron chi connectivity index (χ3n) is 5.36. The Morgan fingerprint density at radius 2 is 1.69 bits per heavy atom. The van der Waals surface area contributed by atoms with Crippen molar-refractivity contribution >= 4 is 11.7 Å². The van der Waals surface area contributed by atoms with Crippen LogP contribution in [0.2, 0.25) is 0 Å². The van der Waals surface area contributed by atoms with E-state index in [4.69, 9.17) is 9.47 Å². The van der Waals surface area contributed by atoms with Crippen molar-refractivity contribution in [3.05, 3.63) is 59.9 Å². The second-order valence-electron chi connectivity index (χ2n) is 6.66. The first-order valence-electron chi connectivity index (χ1n) is 8.75. The molecule has 2 aromatic carbocycles. The van der Waals surface area contributed by atoms with E-state index < -0.39 is 0 Å². The number of esters is 1. The summed E-state index contributed by atoms with van der Waals surface area (Å²) in [7, 11) is 5.09. The second kappa shape index (κ2) is 7.77. The number of likely N-dealkylation sites (N-methyl/N-ethyl adjacent to an activating group) is 1. The quantitative estimate of drug-likeness (QED) is 0.758. The molecular weight excluding hydrogens is 333 g/mol. The molecule has 0 N–H and O–H groups in total. The fourth-order valence-corrected chi connectivity index (χ4v) is 3.98. The Balaban J connectivity index is 1.92. The first-order chi connectivity index (χ1) is 12.5. The number of hydrogen-bond donors (Lipinski definition) is 0. The van der Waals surface area contributed by atoms with Crippen LogP contribution in [0.4, 0.5) is 10.1 Å². The van der Waals surface area contributed by atoms with Gasteiger partial charge in [-0.1, -0.05) is 12.1 Å². The zero-order chi connectivity index (χ0) is 18.7. The Morgan fingerprint density at radius 3 is 2.27 bits per heavy atom. The lowest BCUT2D eigenvalue weighted by atomic mass is 9.86. The Morgan fingerprint density at radius 1 is 1.04 bits per heavy atom. The summed E-state index contributed by atoms with van der Waals surface area (Å²) in [6, 6.07) is 14.4. The van der Waals surface area contributed by atoms with Gasteiger partial charge in [-0.2, -0.15) is 0 Å². The molecule has 0 spiro atoms. The fourth-order valence-electron chi connectivity index (χ4n) is 3.98. The largest absolute Gasteiger partial charge is 0.497 e. The summed E-state index contributed by atoms with van der Waals surface area (Å²) < 4.78 is 23.6. The van der Waals surface area contributed by atoms with E-state index in [0.717, 1.165) is 29.8 Å². The Kier molecular flexibility index (Phi) is 5.45. The van der Waals surface area contributed by atoms with Gasteiger partial charge in [-0.3, -0.25) is 4.79 Å². The highest BCUT2D eigenvalue weighted by Crippen LogP contribution is 2.44. The number of rotatable bonds is 5. The van der Waals surface area contributed by atoms with E-state index >= 15 is 0 Å². The molecule has 0 heterocycles. The van der Waals surface area contributed by atoms with E-state index in [2.05, 4.69) is 4.90 Å². The highest BCUT2D eigenvalue weighted by atomic mass is 19.1. The smallest absolute Gasteiger partial charge is 0.309 e. The van der Waals surface area contributed by atoms with E-state index in [0.29, 0.717) is 0 Å². The summed E-state index contributed by atoms with van der Waals surface area (Å²) in [6.45, 7) is 0. The third kappa shape index (κ3) is 3.52. The predicted molar refractivity (Wildman–Crippen MR) is 99.1 cm³/mol. The summed E-state index contributed by atoms with van der Waals surface area (Å²) >= 11 is 0. The van der Waals surface area contributed by atoms with E-state index in [1.165, 1.54) is 19.2 Å². The normalized spacial score (nSPS) is 22.1. The van der Waals surface area contributed by atoms with Gasteiger partial charge in [-0.05, 0) is 54.8 Å². The maximum absolute atomic E-state index is 13.4. The highest BCUT2D eigenvalue weighted by Gasteiger charge is 2.43. The van der Waals surface area contributed by atoms with Gasteiger partial charge in [0.15, 0.2) is 0 Å². The molecular formula is C21H24FNO3. The van der Waals surface area contributed by atoms with Gasteiger partial charge in [0.2, 0.25) is 0 Å². The number of methoxy groups -OCH3 is 2. The van der Waals surface area contributed by atoms with E-state index in [1.54, 1.807) is 19.2 Å². The van der Waals surface area contributed by atoms with Gasteiger partial charge in [0.1, 0.15) is 11.6 Å². The predicted octanol–water partition coefficient (Wildman–Crippen LogP) is 4.01. The molecule has 1 aliphatic rings. The minimum Gasteiger partial charge on any atom is -0.497 e. The van der Waals surface area contributed by atoms with Crippen molar-refractivity contribution in [3.8, 4) is 5.75 Å². The van der Waals surface area contributed by atoms with Gasteiger partial charge in [0, 0.05) is 24.7 Å². The van der Waals surface area contributed by atoms with Crippen LogP contribution in [0.1, 0.15) is 24.3 Å². The maximum Gasteiger partial charge on any atom is 0.309 e. The Bertz CT molecular complexity index is 745. The van der Waals surface area contributed by atoms with Gasteiger partial charge in [-0.15, -0.1) is 0 Å². The number of carbonyl (C=O) groups is 1. The molecule has 3 atom stereocenters. The van der Waals surface area contributed by atoms with Crippen molar-refractivity contribution in [3.63, 3.8) is 0 Å². The third-order valence-corrected chi connectivity index (χ3v) is 5.36. The standard InChI is InChI=1S/C21H24FNO3/c1-23(16-8-10-17(25-2)11-9-16)19-13-12-18(21(24)26-3)20(19)14-4-6-15(22)7-5-14/h4-11,18-20H,12-13H2,1-3H3/t18-,19-,20+/m0/s1. The minimum atomic E-state index is -0.276. The van der Waals surface area contributed by atoms with Crippen LogP contribution in [-0.2, 0) is 9.53 Å². The van der Waals surface area contributed by atoms with Crippen LogP contribution in [0.15, 0.2) is 48.5 Å². The lowest BCUT2D eigenvalue weighted by Crippen LogP contribution is -2.36. The average Bonchev–Trinajstić information content (AvgIpc) is 3.12.